The average Bonchev–Trinajstić information content (AvgIpc) is 3.18. The number of aliphatic hydroxyl groups is 1. The quantitative estimate of drug-likeness (QED) is 0.554. The number of aryl methyl sites for hydroxylation is 1. The molecule has 3 heterocycles. The molecule has 0 unspecified atom stereocenters. The van der Waals surface area contributed by atoms with Crippen LogP contribution in [0.3, 0.4) is 0 Å². The highest BCUT2D eigenvalue weighted by Crippen LogP contribution is 2.23. The molecule has 1 aliphatic heterocycles. The van der Waals surface area contributed by atoms with Crippen molar-refractivity contribution in [1.29, 1.82) is 0 Å². The van der Waals surface area contributed by atoms with Gasteiger partial charge in [0.05, 0.1) is 42.8 Å². The standard InChI is InChI=1S/C22H30N8O2/c1-15(2)19(14-31)25-21(32)13-29-6-8-30(9-7-29)22-26-18(12-23-27-22)16-4-5-20-17(10-16)11-24-28(20)3/h4-5,10-12,15,19,31H,6-9,13-14H2,1-3H3,(H,25,32)/t19-/m1/s1. The number of aromatic nitrogens is 5. The summed E-state index contributed by atoms with van der Waals surface area (Å²) in [5.74, 6) is 0.728. The number of amides is 1. The Hall–Kier alpha value is -3.11. The van der Waals surface area contributed by atoms with Crippen molar-refractivity contribution in [3.05, 3.63) is 30.6 Å². The molecule has 1 aliphatic rings. The van der Waals surface area contributed by atoms with Crippen LogP contribution in [-0.4, -0.2) is 86.2 Å². The molecule has 10 heteroatoms. The third-order valence-corrected chi connectivity index (χ3v) is 5.96. The fourth-order valence-corrected chi connectivity index (χ4v) is 3.87. The zero-order chi connectivity index (χ0) is 22.7. The number of carbonyl (C=O) groups excluding carboxylic acids is 1. The lowest BCUT2D eigenvalue weighted by atomic mass is 10.1. The third-order valence-electron chi connectivity index (χ3n) is 5.96. The highest BCUT2D eigenvalue weighted by Gasteiger charge is 2.23. The molecule has 1 aromatic carbocycles. The van der Waals surface area contributed by atoms with E-state index < -0.39 is 0 Å². The summed E-state index contributed by atoms with van der Waals surface area (Å²) < 4.78 is 1.84. The first-order valence-electron chi connectivity index (χ1n) is 10.9. The van der Waals surface area contributed by atoms with Gasteiger partial charge in [0.25, 0.3) is 0 Å². The molecular weight excluding hydrogens is 408 g/mol. The molecule has 0 saturated carbocycles. The molecule has 3 aromatic rings. The van der Waals surface area contributed by atoms with Crippen LogP contribution in [0.2, 0.25) is 0 Å². The Labute approximate surface area is 187 Å². The second kappa shape index (κ2) is 9.58. The van der Waals surface area contributed by atoms with Crippen molar-refractivity contribution in [3.63, 3.8) is 0 Å². The Morgan fingerprint density at radius 3 is 2.69 bits per heavy atom. The first kappa shape index (κ1) is 22.1. The van der Waals surface area contributed by atoms with Gasteiger partial charge in [0, 0.05) is 44.2 Å². The van der Waals surface area contributed by atoms with Gasteiger partial charge in [0.1, 0.15) is 0 Å². The SMILES string of the molecule is CC(C)[C@@H](CO)NC(=O)CN1CCN(c2nncc(-c3ccc4c(cnn4C)c3)n2)CC1. The van der Waals surface area contributed by atoms with Gasteiger partial charge < -0.3 is 15.3 Å². The number of aliphatic hydroxyl groups excluding tert-OH is 1. The highest BCUT2D eigenvalue weighted by atomic mass is 16.3. The van der Waals surface area contributed by atoms with Gasteiger partial charge in [-0.25, -0.2) is 4.98 Å². The van der Waals surface area contributed by atoms with E-state index in [1.165, 1.54) is 0 Å². The summed E-state index contributed by atoms with van der Waals surface area (Å²) >= 11 is 0. The number of piperazine rings is 1. The molecule has 1 fully saturated rings. The molecule has 10 nitrogen and oxygen atoms in total. The van der Waals surface area contributed by atoms with Gasteiger partial charge in [-0.1, -0.05) is 19.9 Å². The van der Waals surface area contributed by atoms with Gasteiger partial charge in [-0.05, 0) is 18.1 Å². The second-order valence-corrected chi connectivity index (χ2v) is 8.55. The van der Waals surface area contributed by atoms with Crippen molar-refractivity contribution in [2.24, 2.45) is 13.0 Å². The largest absolute Gasteiger partial charge is 0.394 e. The average molecular weight is 439 g/mol. The monoisotopic (exact) mass is 438 g/mol. The topological polar surface area (TPSA) is 112 Å². The Kier molecular flexibility index (Phi) is 6.61. The minimum atomic E-state index is -0.211. The highest BCUT2D eigenvalue weighted by molar-refractivity contribution is 5.83. The number of hydrogen-bond acceptors (Lipinski definition) is 8. The lowest BCUT2D eigenvalue weighted by Gasteiger charge is -2.34. The van der Waals surface area contributed by atoms with Crippen LogP contribution in [0.25, 0.3) is 22.2 Å². The van der Waals surface area contributed by atoms with E-state index in [1.54, 1.807) is 6.20 Å². The van der Waals surface area contributed by atoms with Crippen LogP contribution < -0.4 is 10.2 Å². The van der Waals surface area contributed by atoms with E-state index in [1.807, 2.05) is 43.9 Å². The van der Waals surface area contributed by atoms with E-state index in [2.05, 4.69) is 36.5 Å². The van der Waals surface area contributed by atoms with Crippen molar-refractivity contribution >= 4 is 22.8 Å². The predicted octanol–water partition coefficient (Wildman–Crippen LogP) is 0.680. The van der Waals surface area contributed by atoms with E-state index in [0.717, 1.165) is 35.2 Å². The summed E-state index contributed by atoms with van der Waals surface area (Å²) in [5.41, 5.74) is 2.81. The fourth-order valence-electron chi connectivity index (χ4n) is 3.87. The lowest BCUT2D eigenvalue weighted by Crippen LogP contribution is -2.52. The molecule has 32 heavy (non-hydrogen) atoms. The van der Waals surface area contributed by atoms with Gasteiger partial charge in [0.15, 0.2) is 0 Å². The van der Waals surface area contributed by atoms with E-state index in [9.17, 15) is 9.90 Å². The molecule has 1 atom stereocenters. The zero-order valence-electron chi connectivity index (χ0n) is 18.8. The van der Waals surface area contributed by atoms with E-state index in [0.29, 0.717) is 25.6 Å². The number of anilines is 1. The van der Waals surface area contributed by atoms with E-state index in [-0.39, 0.29) is 24.5 Å². The normalized spacial score (nSPS) is 16.0. The van der Waals surface area contributed by atoms with Crippen molar-refractivity contribution < 1.29 is 9.90 Å². The maximum atomic E-state index is 12.3. The molecule has 4 rings (SSSR count). The molecule has 170 valence electrons. The van der Waals surface area contributed by atoms with Crippen LogP contribution in [0.4, 0.5) is 5.95 Å². The van der Waals surface area contributed by atoms with Crippen LogP contribution in [0.1, 0.15) is 13.8 Å². The molecule has 0 aliphatic carbocycles. The second-order valence-electron chi connectivity index (χ2n) is 8.55. The van der Waals surface area contributed by atoms with Crippen molar-refractivity contribution in [3.8, 4) is 11.3 Å². The minimum absolute atomic E-state index is 0.0500. The summed E-state index contributed by atoms with van der Waals surface area (Å²) in [6, 6.07) is 5.90. The summed E-state index contributed by atoms with van der Waals surface area (Å²) in [4.78, 5) is 21.3. The first-order chi connectivity index (χ1) is 15.4. The summed E-state index contributed by atoms with van der Waals surface area (Å²) in [6.07, 6.45) is 3.52. The molecule has 0 bridgehead atoms. The molecule has 1 saturated heterocycles. The van der Waals surface area contributed by atoms with Crippen LogP contribution >= 0.6 is 0 Å². The number of benzene rings is 1. The number of nitrogens with one attached hydrogen (secondary N) is 1. The minimum Gasteiger partial charge on any atom is -0.394 e. The Morgan fingerprint density at radius 1 is 1.19 bits per heavy atom. The lowest BCUT2D eigenvalue weighted by molar-refractivity contribution is -0.123. The Balaban J connectivity index is 1.37. The third kappa shape index (κ3) is 4.86. The van der Waals surface area contributed by atoms with Crippen molar-refractivity contribution in [1.82, 2.24) is 35.2 Å². The van der Waals surface area contributed by atoms with Crippen molar-refractivity contribution in [2.45, 2.75) is 19.9 Å². The smallest absolute Gasteiger partial charge is 0.245 e. The number of fused-ring (bicyclic) bond motifs is 1. The van der Waals surface area contributed by atoms with Crippen LogP contribution in [0.15, 0.2) is 30.6 Å². The first-order valence-corrected chi connectivity index (χ1v) is 10.9. The predicted molar refractivity (Wildman–Crippen MR) is 122 cm³/mol. The molecule has 2 aromatic heterocycles. The van der Waals surface area contributed by atoms with E-state index in [4.69, 9.17) is 4.98 Å². The maximum absolute atomic E-state index is 12.3. The van der Waals surface area contributed by atoms with Crippen LogP contribution in [0, 0.1) is 5.92 Å². The number of nitrogens with zero attached hydrogens (tertiary/aromatic N) is 7. The summed E-state index contributed by atoms with van der Waals surface area (Å²) in [7, 11) is 1.92. The number of rotatable bonds is 7. The van der Waals surface area contributed by atoms with Crippen molar-refractivity contribution in [2.75, 3.05) is 44.2 Å². The summed E-state index contributed by atoms with van der Waals surface area (Å²) in [6.45, 7) is 7.13. The Bertz CT molecular complexity index is 1070. The summed E-state index contributed by atoms with van der Waals surface area (Å²) in [5, 5.41) is 26.1. The van der Waals surface area contributed by atoms with Crippen LogP contribution in [0.5, 0.6) is 0 Å². The van der Waals surface area contributed by atoms with Gasteiger partial charge in [-0.3, -0.25) is 14.4 Å². The van der Waals surface area contributed by atoms with E-state index >= 15 is 0 Å². The zero-order valence-corrected chi connectivity index (χ0v) is 18.8. The molecule has 2 N–H and O–H groups in total. The van der Waals surface area contributed by atoms with Gasteiger partial charge in [-0.2, -0.15) is 10.2 Å². The molecular formula is C22H30N8O2. The van der Waals surface area contributed by atoms with Crippen LogP contribution in [-0.2, 0) is 11.8 Å². The Morgan fingerprint density at radius 2 is 1.97 bits per heavy atom. The molecule has 0 radical (unpaired) electrons. The number of hydrogen-bond donors (Lipinski definition) is 2. The van der Waals surface area contributed by atoms with Gasteiger partial charge in [0.2, 0.25) is 11.9 Å². The molecule has 1 amide bonds. The maximum Gasteiger partial charge on any atom is 0.245 e. The van der Waals surface area contributed by atoms with Gasteiger partial charge >= 0.3 is 0 Å². The molecule has 0 spiro atoms. The fraction of sp³-hybridized carbons (Fsp3) is 0.500. The van der Waals surface area contributed by atoms with Gasteiger partial charge in [-0.15, -0.1) is 5.10 Å². The number of carbonyl (C=O) groups is 1.